The first-order chi connectivity index (χ1) is 6.79. The van der Waals surface area contributed by atoms with Gasteiger partial charge >= 0.3 is 6.01 Å². The Hall–Kier alpha value is -1.10. The largest absolute Gasteiger partial charge is 0.351 e. The zero-order chi connectivity index (χ0) is 9.97. The average molecular weight is 196 g/mol. The number of rotatable bonds is 2. The molecule has 1 aliphatic rings. The number of nitrogens with two attached hydrogens (primary N) is 1. The zero-order valence-corrected chi connectivity index (χ0v) is 8.44. The first kappa shape index (κ1) is 9.45. The van der Waals surface area contributed by atoms with Crippen molar-refractivity contribution in [2.75, 3.05) is 25.4 Å². The molecule has 0 amide bonds. The Kier molecular flexibility index (Phi) is 2.67. The molecule has 0 spiro atoms. The van der Waals surface area contributed by atoms with Crippen LogP contribution < -0.4 is 5.73 Å². The van der Waals surface area contributed by atoms with Gasteiger partial charge in [-0.1, -0.05) is 12.1 Å². The Morgan fingerprint density at radius 1 is 1.64 bits per heavy atom. The second-order valence-electron chi connectivity index (χ2n) is 3.72. The molecule has 5 nitrogen and oxygen atoms in total. The molecule has 0 radical (unpaired) electrons. The molecule has 1 aliphatic heterocycles. The Morgan fingerprint density at radius 3 is 3.14 bits per heavy atom. The number of aromatic nitrogens is 2. The molecule has 1 saturated heterocycles. The summed E-state index contributed by atoms with van der Waals surface area (Å²) in [6.07, 6.45) is 2.34. The summed E-state index contributed by atoms with van der Waals surface area (Å²) in [5.41, 5.74) is 5.40. The smallest absolute Gasteiger partial charge is 0.318 e. The van der Waals surface area contributed by atoms with Crippen LogP contribution in [0.1, 0.15) is 31.5 Å². The Balaban J connectivity index is 2.04. The lowest BCUT2D eigenvalue weighted by Crippen LogP contribution is -2.34. The summed E-state index contributed by atoms with van der Waals surface area (Å²) < 4.78 is 4.78. The van der Waals surface area contributed by atoms with Crippen LogP contribution >= 0.6 is 0 Å². The van der Waals surface area contributed by atoms with Gasteiger partial charge in [-0.25, -0.2) is 0 Å². The highest BCUT2D eigenvalue weighted by molar-refractivity contribution is 5.10. The fourth-order valence-electron chi connectivity index (χ4n) is 1.97. The molecule has 1 fully saturated rings. The van der Waals surface area contributed by atoms with E-state index in [-0.39, 0.29) is 6.01 Å². The highest BCUT2D eigenvalue weighted by Crippen LogP contribution is 2.24. The van der Waals surface area contributed by atoms with Crippen molar-refractivity contribution in [3.05, 3.63) is 5.82 Å². The maximum absolute atomic E-state index is 5.40. The van der Waals surface area contributed by atoms with Crippen molar-refractivity contribution >= 4 is 6.01 Å². The van der Waals surface area contributed by atoms with E-state index in [1.54, 1.807) is 0 Å². The standard InChI is InChI=1S/C9H16N4O/c1-2-13-5-3-4-7(6-13)8-11-9(10)14-12-8/h7H,2-6H2,1H3,(H2,10,11,12). The topological polar surface area (TPSA) is 68.2 Å². The van der Waals surface area contributed by atoms with Crippen LogP contribution in [0, 0.1) is 0 Å². The van der Waals surface area contributed by atoms with Gasteiger partial charge in [0, 0.05) is 12.5 Å². The van der Waals surface area contributed by atoms with Crippen molar-refractivity contribution in [1.82, 2.24) is 15.0 Å². The first-order valence-corrected chi connectivity index (χ1v) is 5.11. The molecule has 2 rings (SSSR count). The van der Waals surface area contributed by atoms with E-state index in [1.165, 1.54) is 13.0 Å². The van der Waals surface area contributed by atoms with Crippen molar-refractivity contribution in [2.24, 2.45) is 0 Å². The van der Waals surface area contributed by atoms with Gasteiger partial charge < -0.3 is 15.2 Å². The van der Waals surface area contributed by atoms with Crippen LogP contribution in [0.3, 0.4) is 0 Å². The number of likely N-dealkylation sites (tertiary alicyclic amines) is 1. The fraction of sp³-hybridized carbons (Fsp3) is 0.778. The predicted octanol–water partition coefficient (Wildman–Crippen LogP) is 0.851. The third kappa shape index (κ3) is 1.87. The van der Waals surface area contributed by atoms with Gasteiger partial charge in [0.25, 0.3) is 0 Å². The van der Waals surface area contributed by atoms with E-state index in [4.69, 9.17) is 10.3 Å². The normalized spacial score (nSPS) is 23.9. The van der Waals surface area contributed by atoms with Crippen molar-refractivity contribution in [3.63, 3.8) is 0 Å². The molecule has 1 atom stereocenters. The van der Waals surface area contributed by atoms with Gasteiger partial charge in [0.15, 0.2) is 5.82 Å². The number of likely N-dealkylation sites (N-methyl/N-ethyl adjacent to an activating group) is 1. The van der Waals surface area contributed by atoms with Gasteiger partial charge in [0.2, 0.25) is 0 Å². The van der Waals surface area contributed by atoms with Crippen LogP contribution in [0.2, 0.25) is 0 Å². The Labute approximate surface area is 83.3 Å². The quantitative estimate of drug-likeness (QED) is 0.759. The van der Waals surface area contributed by atoms with E-state index in [0.717, 1.165) is 25.3 Å². The van der Waals surface area contributed by atoms with Crippen LogP contribution in [0.4, 0.5) is 6.01 Å². The van der Waals surface area contributed by atoms with E-state index >= 15 is 0 Å². The number of hydrogen-bond donors (Lipinski definition) is 1. The maximum atomic E-state index is 5.40. The van der Waals surface area contributed by atoms with Crippen LogP contribution in [0.15, 0.2) is 4.52 Å². The molecule has 1 unspecified atom stereocenters. The summed E-state index contributed by atoms with van der Waals surface area (Å²) in [4.78, 5) is 6.48. The molecule has 1 aromatic rings. The van der Waals surface area contributed by atoms with E-state index < -0.39 is 0 Å². The van der Waals surface area contributed by atoms with Crippen molar-refractivity contribution in [3.8, 4) is 0 Å². The van der Waals surface area contributed by atoms with Crippen molar-refractivity contribution in [2.45, 2.75) is 25.7 Å². The molecular weight excluding hydrogens is 180 g/mol. The molecule has 0 aromatic carbocycles. The molecule has 2 N–H and O–H groups in total. The third-order valence-electron chi connectivity index (χ3n) is 2.78. The van der Waals surface area contributed by atoms with Crippen LogP contribution in [-0.2, 0) is 0 Å². The van der Waals surface area contributed by atoms with E-state index in [9.17, 15) is 0 Å². The second-order valence-corrected chi connectivity index (χ2v) is 3.72. The SMILES string of the molecule is CCN1CCCC(c2noc(N)n2)C1. The lowest BCUT2D eigenvalue weighted by Gasteiger charge is -2.29. The van der Waals surface area contributed by atoms with Crippen molar-refractivity contribution < 1.29 is 4.52 Å². The highest BCUT2D eigenvalue weighted by atomic mass is 16.5. The summed E-state index contributed by atoms with van der Waals surface area (Å²) in [6.45, 7) is 5.46. The van der Waals surface area contributed by atoms with Crippen molar-refractivity contribution in [1.29, 1.82) is 0 Å². The zero-order valence-electron chi connectivity index (χ0n) is 8.44. The lowest BCUT2D eigenvalue weighted by atomic mass is 9.97. The Morgan fingerprint density at radius 2 is 2.50 bits per heavy atom. The number of anilines is 1. The number of nitrogen functional groups attached to an aromatic ring is 1. The minimum Gasteiger partial charge on any atom is -0.351 e. The minimum absolute atomic E-state index is 0.175. The van der Waals surface area contributed by atoms with Crippen LogP contribution in [0.25, 0.3) is 0 Å². The van der Waals surface area contributed by atoms with Gasteiger partial charge in [-0.3, -0.25) is 0 Å². The molecule has 2 heterocycles. The fourth-order valence-corrected chi connectivity index (χ4v) is 1.97. The monoisotopic (exact) mass is 196 g/mol. The van der Waals surface area contributed by atoms with Crippen LogP contribution in [-0.4, -0.2) is 34.7 Å². The van der Waals surface area contributed by atoms with E-state index in [2.05, 4.69) is 22.0 Å². The average Bonchev–Trinajstić information content (AvgIpc) is 2.65. The van der Waals surface area contributed by atoms with Gasteiger partial charge in [0.1, 0.15) is 0 Å². The minimum atomic E-state index is 0.175. The third-order valence-corrected chi connectivity index (χ3v) is 2.78. The molecule has 5 heteroatoms. The highest BCUT2D eigenvalue weighted by Gasteiger charge is 2.23. The predicted molar refractivity (Wildman–Crippen MR) is 52.8 cm³/mol. The number of hydrogen-bond acceptors (Lipinski definition) is 5. The molecule has 1 aromatic heterocycles. The maximum Gasteiger partial charge on any atom is 0.318 e. The van der Waals surface area contributed by atoms with E-state index in [0.29, 0.717) is 5.92 Å². The molecule has 0 saturated carbocycles. The summed E-state index contributed by atoms with van der Waals surface area (Å²) >= 11 is 0. The molecule has 14 heavy (non-hydrogen) atoms. The van der Waals surface area contributed by atoms with E-state index in [1.807, 2.05) is 0 Å². The lowest BCUT2D eigenvalue weighted by molar-refractivity contribution is 0.211. The summed E-state index contributed by atoms with van der Waals surface area (Å²) in [5, 5.41) is 3.87. The van der Waals surface area contributed by atoms with Gasteiger partial charge in [-0.15, -0.1) is 0 Å². The van der Waals surface area contributed by atoms with Gasteiger partial charge in [0.05, 0.1) is 0 Å². The Bertz CT molecular complexity index is 299. The first-order valence-electron chi connectivity index (χ1n) is 5.11. The van der Waals surface area contributed by atoms with Crippen LogP contribution in [0.5, 0.6) is 0 Å². The van der Waals surface area contributed by atoms with Gasteiger partial charge in [-0.05, 0) is 25.9 Å². The molecule has 78 valence electrons. The van der Waals surface area contributed by atoms with Gasteiger partial charge in [-0.2, -0.15) is 4.98 Å². The second kappa shape index (κ2) is 3.96. The summed E-state index contributed by atoms with van der Waals surface area (Å²) in [5.74, 6) is 1.16. The number of piperidine rings is 1. The molecule has 0 aliphatic carbocycles. The number of nitrogens with zero attached hydrogens (tertiary/aromatic N) is 3. The summed E-state index contributed by atoms with van der Waals surface area (Å²) in [7, 11) is 0. The molecular formula is C9H16N4O. The molecule has 0 bridgehead atoms. The summed E-state index contributed by atoms with van der Waals surface area (Å²) in [6, 6.07) is 0.175.